The molecule has 1 fully saturated rings. The van der Waals surface area contributed by atoms with Crippen molar-refractivity contribution in [1.82, 2.24) is 20.2 Å². The van der Waals surface area contributed by atoms with Gasteiger partial charge in [0, 0.05) is 63.4 Å². The second-order valence-corrected chi connectivity index (χ2v) is 11.1. The van der Waals surface area contributed by atoms with Gasteiger partial charge in [-0.25, -0.2) is 9.97 Å². The largest absolute Gasteiger partial charge is 0.394 e. The number of fused-ring (bicyclic) bond motifs is 1. The van der Waals surface area contributed by atoms with E-state index in [2.05, 4.69) is 20.6 Å². The molecule has 1 saturated heterocycles. The number of nitrogens with zero attached hydrogens (tertiary/aromatic N) is 4. The molecule has 0 radical (unpaired) electrons. The van der Waals surface area contributed by atoms with Crippen LogP contribution in [0.15, 0.2) is 48.8 Å². The van der Waals surface area contributed by atoms with E-state index in [0.29, 0.717) is 22.9 Å². The van der Waals surface area contributed by atoms with Gasteiger partial charge in [-0.3, -0.25) is 9.59 Å². The highest BCUT2D eigenvalue weighted by atomic mass is 35.5. The molecule has 3 aromatic rings. The van der Waals surface area contributed by atoms with Crippen LogP contribution in [-0.2, 0) is 16.1 Å². The quantitative estimate of drug-likeness (QED) is 0.352. The molecule has 4 heterocycles. The average Bonchev–Trinajstić information content (AvgIpc) is 3.32. The highest BCUT2D eigenvalue weighted by Gasteiger charge is 2.35. The average molecular weight is 579 g/mol. The van der Waals surface area contributed by atoms with E-state index in [1.165, 1.54) is 0 Å². The minimum absolute atomic E-state index is 0.227. The number of aromatic nitrogens is 2. The van der Waals surface area contributed by atoms with Crippen molar-refractivity contribution in [1.29, 1.82) is 0 Å². The number of benzene rings is 1. The molecule has 5 rings (SSSR count). The number of rotatable bonds is 9. The summed E-state index contributed by atoms with van der Waals surface area (Å²) < 4.78 is 5.44. The molecule has 2 atom stereocenters. The monoisotopic (exact) mass is 578 g/mol. The standard InChI is InChI=1S/C30H35ClN6O4/c1-18(29(39)35-26(17-38)20-6-9-32-28(13-20)36(2)3)37-16-21-5-4-19(12-24(21)30(37)40)23-14-27(33-15-25(23)31)34-22-7-10-41-11-8-22/h4-6,9,12-15,18,22,26,38H,7-8,10-11,16-17H2,1-3H3,(H,33,34)(H,35,39). The molecule has 0 spiro atoms. The maximum absolute atomic E-state index is 13.5. The van der Waals surface area contributed by atoms with Crippen molar-refractivity contribution in [3.63, 3.8) is 0 Å². The van der Waals surface area contributed by atoms with E-state index < -0.39 is 12.1 Å². The van der Waals surface area contributed by atoms with Gasteiger partial charge in [-0.15, -0.1) is 0 Å². The topological polar surface area (TPSA) is 120 Å². The summed E-state index contributed by atoms with van der Waals surface area (Å²) in [6.45, 7) is 3.16. The Labute approximate surface area is 244 Å². The first kappa shape index (κ1) is 28.8. The summed E-state index contributed by atoms with van der Waals surface area (Å²) in [4.78, 5) is 38.9. The number of carbonyl (C=O) groups is 2. The Hall–Kier alpha value is -3.73. The van der Waals surface area contributed by atoms with Gasteiger partial charge in [0.25, 0.3) is 5.91 Å². The molecule has 1 aromatic carbocycles. The molecule has 41 heavy (non-hydrogen) atoms. The molecule has 2 aliphatic heterocycles. The molecule has 10 nitrogen and oxygen atoms in total. The molecule has 2 amide bonds. The fourth-order valence-electron chi connectivity index (χ4n) is 5.16. The second kappa shape index (κ2) is 12.4. The van der Waals surface area contributed by atoms with Gasteiger partial charge >= 0.3 is 0 Å². The number of nitrogens with one attached hydrogen (secondary N) is 2. The van der Waals surface area contributed by atoms with Crippen molar-refractivity contribution >= 4 is 35.1 Å². The molecule has 0 saturated carbocycles. The van der Waals surface area contributed by atoms with E-state index in [-0.39, 0.29) is 24.5 Å². The number of halogens is 1. The first-order chi connectivity index (χ1) is 19.7. The molecular weight excluding hydrogens is 544 g/mol. The lowest BCUT2D eigenvalue weighted by Crippen LogP contribution is -2.46. The van der Waals surface area contributed by atoms with Crippen LogP contribution < -0.4 is 15.5 Å². The van der Waals surface area contributed by atoms with Gasteiger partial charge in [-0.05, 0) is 60.7 Å². The molecule has 2 aromatic heterocycles. The minimum atomic E-state index is -0.748. The Morgan fingerprint density at radius 1 is 1.17 bits per heavy atom. The third-order valence-electron chi connectivity index (χ3n) is 7.66. The summed E-state index contributed by atoms with van der Waals surface area (Å²) in [5.41, 5.74) is 3.68. The molecule has 3 N–H and O–H groups in total. The number of ether oxygens (including phenoxy) is 1. The predicted octanol–water partition coefficient (Wildman–Crippen LogP) is 3.65. The third-order valence-corrected chi connectivity index (χ3v) is 7.96. The normalized spacial score (nSPS) is 16.7. The summed E-state index contributed by atoms with van der Waals surface area (Å²) in [7, 11) is 3.74. The van der Waals surface area contributed by atoms with Crippen molar-refractivity contribution in [3.05, 3.63) is 70.5 Å². The molecular formula is C30H35ClN6O4. The molecule has 11 heteroatoms. The van der Waals surface area contributed by atoms with Crippen LogP contribution in [0.1, 0.15) is 47.3 Å². The van der Waals surface area contributed by atoms with Gasteiger partial charge in [0.05, 0.1) is 17.7 Å². The summed E-state index contributed by atoms with van der Waals surface area (Å²) in [5.74, 6) is 0.856. The Balaban J connectivity index is 1.30. The van der Waals surface area contributed by atoms with Crippen LogP contribution in [0.5, 0.6) is 0 Å². The molecule has 0 bridgehead atoms. The lowest BCUT2D eigenvalue weighted by molar-refractivity contribution is -0.126. The number of aliphatic hydroxyl groups excluding tert-OH is 1. The third kappa shape index (κ3) is 6.29. The number of amides is 2. The van der Waals surface area contributed by atoms with Crippen molar-refractivity contribution in [2.75, 3.05) is 44.1 Å². The molecule has 216 valence electrons. The number of hydrogen-bond acceptors (Lipinski definition) is 8. The Bertz CT molecular complexity index is 1430. The predicted molar refractivity (Wildman–Crippen MR) is 158 cm³/mol. The smallest absolute Gasteiger partial charge is 0.255 e. The van der Waals surface area contributed by atoms with Crippen molar-refractivity contribution in [3.8, 4) is 11.1 Å². The van der Waals surface area contributed by atoms with Crippen molar-refractivity contribution in [2.24, 2.45) is 0 Å². The van der Waals surface area contributed by atoms with Gasteiger partial charge in [0.2, 0.25) is 5.91 Å². The highest BCUT2D eigenvalue weighted by Crippen LogP contribution is 2.34. The van der Waals surface area contributed by atoms with Crippen LogP contribution in [0.2, 0.25) is 5.02 Å². The first-order valence-electron chi connectivity index (χ1n) is 13.7. The zero-order valence-corrected chi connectivity index (χ0v) is 24.2. The van der Waals surface area contributed by atoms with Crippen LogP contribution in [-0.4, -0.2) is 77.8 Å². The molecule has 0 aliphatic carbocycles. The van der Waals surface area contributed by atoms with Crippen LogP contribution >= 0.6 is 11.6 Å². The highest BCUT2D eigenvalue weighted by molar-refractivity contribution is 6.33. The zero-order valence-electron chi connectivity index (χ0n) is 23.4. The summed E-state index contributed by atoms with van der Waals surface area (Å²) in [6, 6.07) is 10.1. The molecule has 2 aliphatic rings. The van der Waals surface area contributed by atoms with E-state index in [9.17, 15) is 14.7 Å². The van der Waals surface area contributed by atoms with Crippen LogP contribution in [0, 0.1) is 0 Å². The van der Waals surface area contributed by atoms with E-state index in [1.54, 1.807) is 30.3 Å². The fourth-order valence-corrected chi connectivity index (χ4v) is 5.37. The van der Waals surface area contributed by atoms with Crippen LogP contribution in [0.4, 0.5) is 11.6 Å². The number of carbonyl (C=O) groups excluding carboxylic acids is 2. The van der Waals surface area contributed by atoms with Crippen LogP contribution in [0.25, 0.3) is 11.1 Å². The van der Waals surface area contributed by atoms with E-state index in [4.69, 9.17) is 16.3 Å². The minimum Gasteiger partial charge on any atom is -0.394 e. The zero-order chi connectivity index (χ0) is 29.1. The number of pyridine rings is 2. The fraction of sp³-hybridized carbons (Fsp3) is 0.400. The van der Waals surface area contributed by atoms with Gasteiger partial charge in [-0.2, -0.15) is 0 Å². The summed E-state index contributed by atoms with van der Waals surface area (Å²) >= 11 is 6.54. The molecule has 2 unspecified atom stereocenters. The van der Waals surface area contributed by atoms with E-state index in [1.807, 2.05) is 49.3 Å². The van der Waals surface area contributed by atoms with Gasteiger partial charge in [0.1, 0.15) is 17.7 Å². The number of aliphatic hydroxyl groups is 1. The Morgan fingerprint density at radius 2 is 1.95 bits per heavy atom. The summed E-state index contributed by atoms with van der Waals surface area (Å²) in [6.07, 6.45) is 5.08. The maximum atomic E-state index is 13.5. The summed E-state index contributed by atoms with van der Waals surface area (Å²) in [5, 5.41) is 16.9. The maximum Gasteiger partial charge on any atom is 0.255 e. The lowest BCUT2D eigenvalue weighted by Gasteiger charge is -2.26. The Morgan fingerprint density at radius 3 is 2.68 bits per heavy atom. The lowest BCUT2D eigenvalue weighted by atomic mass is 10.0. The van der Waals surface area contributed by atoms with Gasteiger partial charge in [-0.1, -0.05) is 23.7 Å². The van der Waals surface area contributed by atoms with E-state index >= 15 is 0 Å². The second-order valence-electron chi connectivity index (χ2n) is 10.6. The van der Waals surface area contributed by atoms with E-state index in [0.717, 1.165) is 54.1 Å². The van der Waals surface area contributed by atoms with Gasteiger partial charge < -0.3 is 30.3 Å². The first-order valence-corrected chi connectivity index (χ1v) is 14.1. The SMILES string of the molecule is CC(C(=O)NC(CO)c1ccnc(N(C)C)c1)N1Cc2ccc(-c3cc(NC4CCOCC4)ncc3Cl)cc2C1=O. The van der Waals surface area contributed by atoms with Gasteiger partial charge in [0.15, 0.2) is 0 Å². The van der Waals surface area contributed by atoms with Crippen molar-refractivity contribution in [2.45, 2.75) is 44.4 Å². The Kier molecular flexibility index (Phi) is 8.72. The number of anilines is 2. The van der Waals surface area contributed by atoms with Crippen LogP contribution in [0.3, 0.4) is 0 Å². The number of hydrogen-bond donors (Lipinski definition) is 3. The van der Waals surface area contributed by atoms with Crippen molar-refractivity contribution < 1.29 is 19.4 Å².